The Labute approximate surface area is 108 Å². The lowest BCUT2D eigenvalue weighted by Gasteiger charge is -2.27. The van der Waals surface area contributed by atoms with Crippen LogP contribution in [0.15, 0.2) is 0 Å². The Morgan fingerprint density at radius 3 is 2.47 bits per heavy atom. The fourth-order valence-electron chi connectivity index (χ4n) is 1.70. The minimum atomic E-state index is 0.108. The molecule has 0 aliphatic heterocycles. The molecule has 0 aliphatic carbocycles. The van der Waals surface area contributed by atoms with E-state index in [9.17, 15) is 5.11 Å². The number of aromatic nitrogens is 1. The van der Waals surface area contributed by atoms with Crippen molar-refractivity contribution in [2.75, 3.05) is 11.9 Å². The molecular formula is C13H24N2OS. The van der Waals surface area contributed by atoms with Gasteiger partial charge in [0.15, 0.2) is 5.13 Å². The van der Waals surface area contributed by atoms with Crippen molar-refractivity contribution in [1.29, 1.82) is 0 Å². The molecule has 4 heteroatoms. The third-order valence-electron chi connectivity index (χ3n) is 3.27. The van der Waals surface area contributed by atoms with Gasteiger partial charge in [-0.3, -0.25) is 0 Å². The Kier molecular flexibility index (Phi) is 5.40. The van der Waals surface area contributed by atoms with Crippen LogP contribution in [0.1, 0.15) is 44.7 Å². The molecule has 0 aromatic carbocycles. The van der Waals surface area contributed by atoms with Crippen LogP contribution in [0.5, 0.6) is 0 Å². The highest BCUT2D eigenvalue weighted by Crippen LogP contribution is 2.29. The average Bonchev–Trinajstić information content (AvgIpc) is 2.70. The molecule has 0 amide bonds. The maximum Gasteiger partial charge on any atom is 0.185 e. The summed E-state index contributed by atoms with van der Waals surface area (Å²) in [7, 11) is 2.08. The number of aliphatic hydroxyl groups is 1. The van der Waals surface area contributed by atoms with Crippen LogP contribution in [-0.4, -0.2) is 23.2 Å². The number of rotatable bonds is 6. The highest BCUT2D eigenvalue weighted by molar-refractivity contribution is 7.15. The van der Waals surface area contributed by atoms with E-state index in [0.717, 1.165) is 28.5 Å². The zero-order valence-electron chi connectivity index (χ0n) is 11.5. The second-order valence-corrected chi connectivity index (χ2v) is 5.93. The summed E-state index contributed by atoms with van der Waals surface area (Å²) in [5, 5.41) is 10.4. The van der Waals surface area contributed by atoms with Crippen LogP contribution < -0.4 is 4.90 Å². The van der Waals surface area contributed by atoms with Crippen molar-refractivity contribution in [3.8, 4) is 0 Å². The van der Waals surface area contributed by atoms with Crippen molar-refractivity contribution in [2.24, 2.45) is 5.92 Å². The number of hydrogen-bond acceptors (Lipinski definition) is 4. The van der Waals surface area contributed by atoms with Gasteiger partial charge in [0.2, 0.25) is 0 Å². The Hall–Kier alpha value is -0.610. The number of hydrogen-bond donors (Lipinski definition) is 1. The molecule has 0 spiro atoms. The molecule has 0 saturated heterocycles. The fraction of sp³-hybridized carbons (Fsp3) is 0.769. The number of thiazole rings is 1. The van der Waals surface area contributed by atoms with Crippen molar-refractivity contribution < 1.29 is 5.11 Å². The largest absolute Gasteiger partial charge is 0.391 e. The van der Waals surface area contributed by atoms with Gasteiger partial charge in [0.1, 0.15) is 0 Å². The number of nitrogens with zero attached hydrogens (tertiary/aromatic N) is 2. The van der Waals surface area contributed by atoms with E-state index in [0.29, 0.717) is 12.0 Å². The third-order valence-corrected chi connectivity index (χ3v) is 4.45. The Balaban J connectivity index is 2.90. The topological polar surface area (TPSA) is 36.4 Å². The maximum absolute atomic E-state index is 9.34. The van der Waals surface area contributed by atoms with Crippen LogP contribution in [0.4, 0.5) is 5.13 Å². The van der Waals surface area contributed by atoms with Gasteiger partial charge >= 0.3 is 0 Å². The average molecular weight is 256 g/mol. The molecule has 1 aromatic rings. The van der Waals surface area contributed by atoms with Crippen molar-refractivity contribution in [3.05, 3.63) is 10.6 Å². The quantitative estimate of drug-likeness (QED) is 0.850. The summed E-state index contributed by atoms with van der Waals surface area (Å²) in [4.78, 5) is 7.89. The van der Waals surface area contributed by atoms with E-state index in [1.54, 1.807) is 11.3 Å². The molecular weight excluding hydrogens is 232 g/mol. The highest BCUT2D eigenvalue weighted by atomic mass is 32.1. The van der Waals surface area contributed by atoms with Gasteiger partial charge in [-0.1, -0.05) is 38.5 Å². The SMILES string of the molecule is CCCc1nc(N(C)C(C)C(C)C)sc1CO. The lowest BCUT2D eigenvalue weighted by molar-refractivity contribution is 0.284. The molecule has 1 unspecified atom stereocenters. The van der Waals surface area contributed by atoms with E-state index in [2.05, 4.69) is 44.6 Å². The van der Waals surface area contributed by atoms with Gasteiger partial charge in [0.25, 0.3) is 0 Å². The predicted octanol–water partition coefficient (Wildman–Crippen LogP) is 3.07. The van der Waals surface area contributed by atoms with Gasteiger partial charge in [0, 0.05) is 13.1 Å². The minimum Gasteiger partial charge on any atom is -0.391 e. The van der Waals surface area contributed by atoms with E-state index in [1.165, 1.54) is 0 Å². The number of aryl methyl sites for hydroxylation is 1. The summed E-state index contributed by atoms with van der Waals surface area (Å²) in [5.41, 5.74) is 1.07. The van der Waals surface area contributed by atoms with Crippen molar-refractivity contribution in [1.82, 2.24) is 4.98 Å². The molecule has 0 radical (unpaired) electrons. The first-order chi connectivity index (χ1) is 8.01. The second kappa shape index (κ2) is 6.36. The van der Waals surface area contributed by atoms with Crippen LogP contribution >= 0.6 is 11.3 Å². The molecule has 1 heterocycles. The molecule has 98 valence electrons. The molecule has 1 atom stereocenters. The first-order valence-electron chi connectivity index (χ1n) is 6.33. The summed E-state index contributed by atoms with van der Waals surface area (Å²) in [6.07, 6.45) is 2.02. The lowest BCUT2D eigenvalue weighted by Crippen LogP contribution is -2.33. The summed E-state index contributed by atoms with van der Waals surface area (Å²) in [6, 6.07) is 0.460. The van der Waals surface area contributed by atoms with E-state index in [-0.39, 0.29) is 6.61 Å². The lowest BCUT2D eigenvalue weighted by atomic mass is 10.1. The van der Waals surface area contributed by atoms with Gasteiger partial charge in [-0.15, -0.1) is 0 Å². The van der Waals surface area contributed by atoms with Crippen LogP contribution in [0.2, 0.25) is 0 Å². The Bertz CT molecular complexity index is 349. The Morgan fingerprint density at radius 2 is 2.00 bits per heavy atom. The van der Waals surface area contributed by atoms with E-state index >= 15 is 0 Å². The van der Waals surface area contributed by atoms with Crippen molar-refractivity contribution >= 4 is 16.5 Å². The van der Waals surface area contributed by atoms with Crippen LogP contribution in [0.25, 0.3) is 0 Å². The summed E-state index contributed by atoms with van der Waals surface area (Å²) in [5.74, 6) is 0.594. The van der Waals surface area contributed by atoms with Crippen LogP contribution in [0, 0.1) is 5.92 Å². The fourth-order valence-corrected chi connectivity index (χ4v) is 2.71. The zero-order chi connectivity index (χ0) is 13.0. The molecule has 0 saturated carbocycles. The third kappa shape index (κ3) is 3.42. The van der Waals surface area contributed by atoms with E-state index in [4.69, 9.17) is 0 Å². The minimum absolute atomic E-state index is 0.108. The molecule has 0 aliphatic rings. The maximum atomic E-state index is 9.34. The molecule has 0 bridgehead atoms. The monoisotopic (exact) mass is 256 g/mol. The molecule has 1 rings (SSSR count). The number of aliphatic hydroxyl groups excluding tert-OH is 1. The number of anilines is 1. The zero-order valence-corrected chi connectivity index (χ0v) is 12.3. The van der Waals surface area contributed by atoms with Gasteiger partial charge in [-0.25, -0.2) is 4.98 Å². The standard InChI is InChI=1S/C13H24N2OS/c1-6-7-11-12(8-16)17-13(14-11)15(5)10(4)9(2)3/h9-10,16H,6-8H2,1-5H3. The molecule has 3 nitrogen and oxygen atoms in total. The van der Waals surface area contributed by atoms with E-state index in [1.807, 2.05) is 0 Å². The summed E-state index contributed by atoms with van der Waals surface area (Å²) in [6.45, 7) is 8.89. The first kappa shape index (κ1) is 14.5. The van der Waals surface area contributed by atoms with Gasteiger partial charge in [0.05, 0.1) is 17.2 Å². The van der Waals surface area contributed by atoms with Gasteiger partial charge < -0.3 is 10.0 Å². The smallest absolute Gasteiger partial charge is 0.185 e. The van der Waals surface area contributed by atoms with Crippen molar-refractivity contribution in [3.63, 3.8) is 0 Å². The second-order valence-electron chi connectivity index (χ2n) is 4.87. The van der Waals surface area contributed by atoms with Crippen molar-refractivity contribution in [2.45, 2.75) is 53.2 Å². The van der Waals surface area contributed by atoms with Gasteiger partial charge in [-0.2, -0.15) is 0 Å². The highest BCUT2D eigenvalue weighted by Gasteiger charge is 2.18. The predicted molar refractivity (Wildman–Crippen MR) is 74.7 cm³/mol. The first-order valence-corrected chi connectivity index (χ1v) is 7.15. The molecule has 1 N–H and O–H groups in total. The molecule has 0 fully saturated rings. The summed E-state index contributed by atoms with van der Waals surface area (Å²) < 4.78 is 0. The molecule has 1 aromatic heterocycles. The van der Waals surface area contributed by atoms with E-state index < -0.39 is 0 Å². The normalized spacial score (nSPS) is 13.1. The van der Waals surface area contributed by atoms with Crippen LogP contribution in [0.3, 0.4) is 0 Å². The summed E-state index contributed by atoms with van der Waals surface area (Å²) >= 11 is 1.62. The van der Waals surface area contributed by atoms with Gasteiger partial charge in [-0.05, 0) is 19.3 Å². The van der Waals surface area contributed by atoms with Crippen LogP contribution in [-0.2, 0) is 13.0 Å². The molecule has 17 heavy (non-hydrogen) atoms. The Morgan fingerprint density at radius 1 is 1.35 bits per heavy atom.